The molecule has 1 atom stereocenters. The molecule has 1 spiro atoms. The predicted octanol–water partition coefficient (Wildman–Crippen LogP) is 6.70. The summed E-state index contributed by atoms with van der Waals surface area (Å²) in [7, 11) is 0. The molecular weight excluding hydrogens is 382 g/mol. The van der Waals surface area contributed by atoms with Crippen LogP contribution in [0, 0.1) is 0 Å². The van der Waals surface area contributed by atoms with E-state index in [9.17, 15) is 0 Å². The van der Waals surface area contributed by atoms with E-state index in [1.165, 1.54) is 39.0 Å². The van der Waals surface area contributed by atoms with Crippen molar-refractivity contribution in [3.05, 3.63) is 137 Å². The van der Waals surface area contributed by atoms with Crippen LogP contribution in [0.3, 0.4) is 0 Å². The summed E-state index contributed by atoms with van der Waals surface area (Å²) in [6.45, 7) is 0. The SMILES string of the molecule is S=C1Nc2ccccc2[C@@]12C(c1ccccc1)=C(c1ccccc1)c1ccccc12. The second kappa shape index (κ2) is 6.51. The zero-order valence-electron chi connectivity index (χ0n) is 16.3. The van der Waals surface area contributed by atoms with Crippen molar-refractivity contribution in [2.75, 3.05) is 5.32 Å². The summed E-state index contributed by atoms with van der Waals surface area (Å²) in [4.78, 5) is 0.848. The zero-order chi connectivity index (χ0) is 20.1. The quantitative estimate of drug-likeness (QED) is 0.375. The molecule has 1 N–H and O–H groups in total. The van der Waals surface area contributed by atoms with E-state index in [0.717, 1.165) is 10.7 Å². The molecule has 0 aromatic heterocycles. The standard InChI is InChI=1S/C28H19NS/c30-27-28(23-17-9-10-18-24(23)29-27)22-16-8-7-15-21(22)25(19-11-3-1-4-12-19)26(28)20-13-5-2-6-14-20/h1-18H,(H,29,30)/t28-/m0/s1. The Kier molecular flexibility index (Phi) is 3.77. The van der Waals surface area contributed by atoms with Crippen LogP contribution in [0.2, 0.25) is 0 Å². The summed E-state index contributed by atoms with van der Waals surface area (Å²) in [6.07, 6.45) is 0. The van der Waals surface area contributed by atoms with Gasteiger partial charge in [-0.2, -0.15) is 0 Å². The van der Waals surface area contributed by atoms with Crippen molar-refractivity contribution in [1.82, 2.24) is 0 Å². The number of para-hydroxylation sites is 1. The maximum absolute atomic E-state index is 6.11. The monoisotopic (exact) mass is 401 g/mol. The van der Waals surface area contributed by atoms with Crippen LogP contribution in [0.25, 0.3) is 11.1 Å². The van der Waals surface area contributed by atoms with E-state index >= 15 is 0 Å². The number of anilines is 1. The molecular formula is C28H19NS. The number of benzene rings is 4. The van der Waals surface area contributed by atoms with Crippen molar-refractivity contribution in [2.24, 2.45) is 0 Å². The van der Waals surface area contributed by atoms with Crippen molar-refractivity contribution < 1.29 is 0 Å². The third-order valence-corrected chi connectivity index (χ3v) is 6.68. The first-order chi connectivity index (χ1) is 14.8. The second-order valence-corrected chi connectivity index (χ2v) is 8.19. The van der Waals surface area contributed by atoms with Gasteiger partial charge in [0.1, 0.15) is 0 Å². The maximum atomic E-state index is 6.11. The van der Waals surface area contributed by atoms with Crippen molar-refractivity contribution in [3.63, 3.8) is 0 Å². The van der Waals surface area contributed by atoms with Crippen LogP contribution in [0.5, 0.6) is 0 Å². The molecule has 142 valence electrons. The molecule has 0 amide bonds. The minimum atomic E-state index is -0.491. The van der Waals surface area contributed by atoms with Crippen molar-refractivity contribution in [3.8, 4) is 0 Å². The molecule has 6 rings (SSSR count). The molecule has 0 saturated heterocycles. The Morgan fingerprint density at radius 2 is 1.13 bits per heavy atom. The summed E-state index contributed by atoms with van der Waals surface area (Å²) in [5.74, 6) is 0. The third kappa shape index (κ3) is 2.20. The van der Waals surface area contributed by atoms with Crippen molar-refractivity contribution in [1.29, 1.82) is 0 Å². The van der Waals surface area contributed by atoms with E-state index in [1.807, 2.05) is 0 Å². The normalized spacial score (nSPS) is 19.0. The van der Waals surface area contributed by atoms with Crippen LogP contribution in [-0.4, -0.2) is 4.99 Å². The highest BCUT2D eigenvalue weighted by atomic mass is 32.1. The number of thiocarbonyl (C=S) groups is 1. The van der Waals surface area contributed by atoms with E-state index in [4.69, 9.17) is 12.2 Å². The van der Waals surface area contributed by atoms with Gasteiger partial charge in [0.25, 0.3) is 0 Å². The van der Waals surface area contributed by atoms with Gasteiger partial charge in [-0.25, -0.2) is 0 Å². The first kappa shape index (κ1) is 17.4. The average molecular weight is 402 g/mol. The summed E-state index contributed by atoms with van der Waals surface area (Å²) in [5, 5.41) is 3.54. The lowest BCUT2D eigenvalue weighted by atomic mass is 9.70. The van der Waals surface area contributed by atoms with Gasteiger partial charge in [0, 0.05) is 5.69 Å². The van der Waals surface area contributed by atoms with E-state index in [-0.39, 0.29) is 0 Å². The fourth-order valence-electron chi connectivity index (χ4n) is 5.13. The largest absolute Gasteiger partial charge is 0.348 e. The van der Waals surface area contributed by atoms with Gasteiger partial charge in [0.2, 0.25) is 0 Å². The maximum Gasteiger partial charge on any atom is 0.0996 e. The predicted molar refractivity (Wildman–Crippen MR) is 129 cm³/mol. The van der Waals surface area contributed by atoms with E-state index in [2.05, 4.69) is 115 Å². The number of nitrogens with one attached hydrogen (secondary N) is 1. The first-order valence-corrected chi connectivity index (χ1v) is 10.6. The van der Waals surface area contributed by atoms with Gasteiger partial charge < -0.3 is 5.32 Å². The third-order valence-electron chi connectivity index (χ3n) is 6.27. The molecule has 1 nitrogen and oxygen atoms in total. The van der Waals surface area contributed by atoms with Gasteiger partial charge >= 0.3 is 0 Å². The molecule has 1 aliphatic heterocycles. The highest BCUT2D eigenvalue weighted by Crippen LogP contribution is 2.60. The van der Waals surface area contributed by atoms with Crippen LogP contribution < -0.4 is 5.32 Å². The summed E-state index contributed by atoms with van der Waals surface area (Å²) < 4.78 is 0. The lowest BCUT2D eigenvalue weighted by Gasteiger charge is -2.30. The Balaban J connectivity index is 1.82. The molecule has 0 radical (unpaired) electrons. The number of hydrogen-bond donors (Lipinski definition) is 1. The lowest BCUT2D eigenvalue weighted by Crippen LogP contribution is -2.34. The molecule has 0 bridgehead atoms. The highest BCUT2D eigenvalue weighted by Gasteiger charge is 2.54. The Morgan fingerprint density at radius 1 is 0.567 bits per heavy atom. The van der Waals surface area contributed by atoms with E-state index < -0.39 is 5.41 Å². The molecule has 2 aliphatic rings. The lowest BCUT2D eigenvalue weighted by molar-refractivity contribution is 0.947. The van der Waals surface area contributed by atoms with Crippen LogP contribution >= 0.6 is 12.2 Å². The smallest absolute Gasteiger partial charge is 0.0996 e. The van der Waals surface area contributed by atoms with Crippen LogP contribution in [0.15, 0.2) is 109 Å². The topological polar surface area (TPSA) is 12.0 Å². The van der Waals surface area contributed by atoms with E-state index in [0.29, 0.717) is 0 Å². The van der Waals surface area contributed by atoms with Crippen molar-refractivity contribution >= 4 is 34.0 Å². The van der Waals surface area contributed by atoms with E-state index in [1.54, 1.807) is 0 Å². The van der Waals surface area contributed by atoms with Gasteiger partial charge in [0.15, 0.2) is 0 Å². The van der Waals surface area contributed by atoms with Gasteiger partial charge in [0.05, 0.1) is 10.4 Å². The van der Waals surface area contributed by atoms with Crippen LogP contribution in [0.4, 0.5) is 5.69 Å². The molecule has 4 aromatic carbocycles. The van der Waals surface area contributed by atoms with Crippen molar-refractivity contribution in [2.45, 2.75) is 5.41 Å². The van der Waals surface area contributed by atoms with Gasteiger partial charge in [-0.15, -0.1) is 0 Å². The minimum Gasteiger partial charge on any atom is -0.348 e. The molecule has 1 heterocycles. The Hall–Kier alpha value is -3.49. The molecule has 1 aliphatic carbocycles. The summed E-state index contributed by atoms with van der Waals surface area (Å²) in [6, 6.07) is 38.6. The summed E-state index contributed by atoms with van der Waals surface area (Å²) >= 11 is 6.11. The minimum absolute atomic E-state index is 0.491. The number of rotatable bonds is 2. The molecule has 0 saturated carbocycles. The molecule has 30 heavy (non-hydrogen) atoms. The molecule has 0 unspecified atom stereocenters. The Labute approximate surface area is 181 Å². The van der Waals surface area contributed by atoms with Gasteiger partial charge in [-0.1, -0.05) is 115 Å². The highest BCUT2D eigenvalue weighted by molar-refractivity contribution is 7.81. The zero-order valence-corrected chi connectivity index (χ0v) is 17.1. The fourth-order valence-corrected chi connectivity index (χ4v) is 5.56. The number of hydrogen-bond acceptors (Lipinski definition) is 1. The average Bonchev–Trinajstić information content (AvgIpc) is 3.28. The summed E-state index contributed by atoms with van der Waals surface area (Å²) in [5.41, 5.74) is 9.29. The molecule has 4 aromatic rings. The Bertz CT molecular complexity index is 1320. The van der Waals surface area contributed by atoms with Gasteiger partial charge in [-0.05, 0) is 45.0 Å². The molecule has 0 fully saturated rings. The first-order valence-electron chi connectivity index (χ1n) is 10.2. The van der Waals surface area contributed by atoms with Crippen LogP contribution in [0.1, 0.15) is 27.8 Å². The second-order valence-electron chi connectivity index (χ2n) is 7.78. The van der Waals surface area contributed by atoms with Crippen LogP contribution in [-0.2, 0) is 5.41 Å². The fraction of sp³-hybridized carbons (Fsp3) is 0.0357. The Morgan fingerprint density at radius 3 is 1.87 bits per heavy atom. The number of fused-ring (bicyclic) bond motifs is 4. The molecule has 2 heteroatoms. The van der Waals surface area contributed by atoms with Gasteiger partial charge in [-0.3, -0.25) is 0 Å².